The van der Waals surface area contributed by atoms with Gasteiger partial charge in [-0.15, -0.1) is 0 Å². The minimum absolute atomic E-state index is 0.0255. The molecule has 0 aliphatic rings. The van der Waals surface area contributed by atoms with Crippen molar-refractivity contribution < 1.29 is 29.1 Å². The van der Waals surface area contributed by atoms with Gasteiger partial charge in [0, 0.05) is 0 Å². The Morgan fingerprint density at radius 3 is 2.45 bits per heavy atom. The van der Waals surface area contributed by atoms with E-state index in [9.17, 15) is 14.4 Å². The van der Waals surface area contributed by atoms with Crippen LogP contribution in [0.15, 0.2) is 35.5 Å². The predicted molar refractivity (Wildman–Crippen MR) is 75.5 cm³/mol. The molecule has 22 heavy (non-hydrogen) atoms. The van der Waals surface area contributed by atoms with E-state index < -0.39 is 30.1 Å². The highest BCUT2D eigenvalue weighted by atomic mass is 16.5. The number of esters is 1. The van der Waals surface area contributed by atoms with Crippen LogP contribution in [-0.2, 0) is 25.7 Å². The second kappa shape index (κ2) is 9.11. The van der Waals surface area contributed by atoms with Crippen LogP contribution in [0.5, 0.6) is 0 Å². The van der Waals surface area contributed by atoms with Crippen LogP contribution in [0.1, 0.15) is 12.5 Å². The number of ketones is 1. The van der Waals surface area contributed by atoms with E-state index in [4.69, 9.17) is 9.94 Å². The fourth-order valence-corrected chi connectivity index (χ4v) is 1.42. The van der Waals surface area contributed by atoms with Crippen LogP contribution in [0.4, 0.5) is 4.79 Å². The number of nitrogens with one attached hydrogen (secondary N) is 1. The van der Waals surface area contributed by atoms with E-state index in [2.05, 4.69) is 15.2 Å². The average molecular weight is 308 g/mol. The molecule has 8 heteroatoms. The second-order valence-corrected chi connectivity index (χ2v) is 4.01. The molecule has 0 fully saturated rings. The zero-order valence-corrected chi connectivity index (χ0v) is 11.9. The minimum Gasteiger partial charge on any atom is -0.461 e. The van der Waals surface area contributed by atoms with Crippen molar-refractivity contribution in [1.29, 1.82) is 0 Å². The SMILES string of the molecule is CCOC(=O)C(=NO)C(=O)CNC(=O)OCc1ccccc1. The molecular formula is C14H16N2O6. The zero-order valence-electron chi connectivity index (χ0n) is 11.9. The van der Waals surface area contributed by atoms with Gasteiger partial charge in [0.2, 0.25) is 11.5 Å². The number of amides is 1. The summed E-state index contributed by atoms with van der Waals surface area (Å²) in [6.45, 7) is 1.06. The molecule has 0 aliphatic heterocycles. The number of alkyl carbamates (subject to hydrolysis) is 1. The molecule has 0 spiro atoms. The fourth-order valence-electron chi connectivity index (χ4n) is 1.42. The topological polar surface area (TPSA) is 114 Å². The molecule has 118 valence electrons. The van der Waals surface area contributed by atoms with E-state index in [0.29, 0.717) is 0 Å². The molecule has 0 saturated carbocycles. The maximum atomic E-state index is 11.6. The van der Waals surface area contributed by atoms with Crippen LogP contribution in [0, 0.1) is 0 Å². The van der Waals surface area contributed by atoms with Crippen LogP contribution >= 0.6 is 0 Å². The summed E-state index contributed by atoms with van der Waals surface area (Å²) in [7, 11) is 0. The summed E-state index contributed by atoms with van der Waals surface area (Å²) in [5, 5.41) is 13.4. The zero-order chi connectivity index (χ0) is 16.4. The highest BCUT2D eigenvalue weighted by Crippen LogP contribution is 2.00. The molecule has 0 heterocycles. The molecule has 0 aliphatic carbocycles. The van der Waals surface area contributed by atoms with E-state index in [1.807, 2.05) is 6.07 Å². The lowest BCUT2D eigenvalue weighted by atomic mass is 10.2. The van der Waals surface area contributed by atoms with Gasteiger partial charge in [-0.2, -0.15) is 0 Å². The number of benzene rings is 1. The molecule has 1 aromatic rings. The van der Waals surface area contributed by atoms with Crippen molar-refractivity contribution in [2.75, 3.05) is 13.2 Å². The second-order valence-electron chi connectivity index (χ2n) is 4.01. The molecule has 0 saturated heterocycles. The first-order valence-corrected chi connectivity index (χ1v) is 6.45. The first-order chi connectivity index (χ1) is 10.6. The number of rotatable bonds is 7. The number of oxime groups is 1. The Labute approximate surface area is 126 Å². The van der Waals surface area contributed by atoms with Crippen molar-refractivity contribution in [2.24, 2.45) is 5.16 Å². The van der Waals surface area contributed by atoms with Gasteiger partial charge in [-0.25, -0.2) is 9.59 Å². The van der Waals surface area contributed by atoms with Crippen LogP contribution in [-0.4, -0.2) is 41.9 Å². The van der Waals surface area contributed by atoms with E-state index >= 15 is 0 Å². The number of nitrogens with zero attached hydrogens (tertiary/aromatic N) is 1. The number of carbonyl (C=O) groups is 3. The van der Waals surface area contributed by atoms with Gasteiger partial charge in [0.25, 0.3) is 0 Å². The Balaban J connectivity index is 2.39. The molecule has 2 N–H and O–H groups in total. The van der Waals surface area contributed by atoms with Crippen molar-refractivity contribution in [3.8, 4) is 0 Å². The van der Waals surface area contributed by atoms with E-state index in [1.54, 1.807) is 24.3 Å². The summed E-state index contributed by atoms with van der Waals surface area (Å²) in [6, 6.07) is 8.96. The molecule has 8 nitrogen and oxygen atoms in total. The molecule has 0 unspecified atom stereocenters. The van der Waals surface area contributed by atoms with Crippen molar-refractivity contribution in [3.63, 3.8) is 0 Å². The molecule has 0 atom stereocenters. The summed E-state index contributed by atoms with van der Waals surface area (Å²) >= 11 is 0. The first-order valence-electron chi connectivity index (χ1n) is 6.45. The Hall–Kier alpha value is -2.90. The summed E-state index contributed by atoms with van der Waals surface area (Å²) in [5.41, 5.74) is -0.00156. The van der Waals surface area contributed by atoms with E-state index in [0.717, 1.165) is 5.56 Å². The molecule has 0 radical (unpaired) electrons. The number of hydrogen-bond donors (Lipinski definition) is 2. The van der Waals surface area contributed by atoms with Gasteiger partial charge in [0.15, 0.2) is 0 Å². The normalized spacial score (nSPS) is 10.7. The maximum Gasteiger partial charge on any atom is 0.407 e. The third-order valence-corrected chi connectivity index (χ3v) is 2.44. The largest absolute Gasteiger partial charge is 0.461 e. The molecule has 0 aromatic heterocycles. The van der Waals surface area contributed by atoms with Crippen molar-refractivity contribution in [1.82, 2.24) is 5.32 Å². The van der Waals surface area contributed by atoms with Gasteiger partial charge >= 0.3 is 12.1 Å². The van der Waals surface area contributed by atoms with Crippen molar-refractivity contribution in [3.05, 3.63) is 35.9 Å². The monoisotopic (exact) mass is 308 g/mol. The van der Waals surface area contributed by atoms with Crippen LogP contribution in [0.2, 0.25) is 0 Å². The molecule has 1 rings (SSSR count). The highest BCUT2D eigenvalue weighted by molar-refractivity contribution is 6.64. The van der Waals surface area contributed by atoms with Crippen LogP contribution < -0.4 is 5.32 Å². The maximum absolute atomic E-state index is 11.6. The van der Waals surface area contributed by atoms with Crippen molar-refractivity contribution >= 4 is 23.6 Å². The number of carbonyl (C=O) groups excluding carboxylic acids is 3. The lowest BCUT2D eigenvalue weighted by Crippen LogP contribution is -2.37. The van der Waals surface area contributed by atoms with Gasteiger partial charge in [0.05, 0.1) is 13.2 Å². The lowest BCUT2D eigenvalue weighted by molar-refractivity contribution is -0.135. The van der Waals surface area contributed by atoms with E-state index in [-0.39, 0.29) is 13.2 Å². The van der Waals surface area contributed by atoms with Crippen LogP contribution in [0.25, 0.3) is 0 Å². The van der Waals surface area contributed by atoms with Crippen LogP contribution in [0.3, 0.4) is 0 Å². The first kappa shape index (κ1) is 17.2. The molecular weight excluding hydrogens is 292 g/mol. The quantitative estimate of drug-likeness (QED) is 0.254. The minimum atomic E-state index is -1.06. The molecule has 1 aromatic carbocycles. The Kier molecular flexibility index (Phi) is 7.10. The number of hydrogen-bond acceptors (Lipinski definition) is 7. The summed E-state index contributed by atoms with van der Waals surface area (Å²) < 4.78 is 9.41. The van der Waals surface area contributed by atoms with Gasteiger partial charge < -0.3 is 20.0 Å². The smallest absolute Gasteiger partial charge is 0.407 e. The molecule has 1 amide bonds. The lowest BCUT2D eigenvalue weighted by Gasteiger charge is -2.07. The Morgan fingerprint density at radius 1 is 1.18 bits per heavy atom. The summed E-state index contributed by atoms with van der Waals surface area (Å²) in [5.74, 6) is -1.95. The van der Waals surface area contributed by atoms with E-state index in [1.165, 1.54) is 6.92 Å². The van der Waals surface area contributed by atoms with Gasteiger partial charge in [-0.05, 0) is 12.5 Å². The number of Topliss-reactive ketones (excluding diaryl/α,β-unsaturated/α-hetero) is 1. The standard InChI is InChI=1S/C14H16N2O6/c1-2-21-13(18)12(16-20)11(17)8-15-14(19)22-9-10-6-4-3-5-7-10/h3-7,20H,2,8-9H2,1H3,(H,15,19). The Morgan fingerprint density at radius 2 is 1.86 bits per heavy atom. The summed E-state index contributed by atoms with van der Waals surface area (Å²) in [6.07, 6.45) is -0.835. The third kappa shape index (κ3) is 5.61. The Bertz CT molecular complexity index is 556. The predicted octanol–water partition coefficient (Wildman–Crippen LogP) is 0.875. The molecule has 0 bridgehead atoms. The van der Waals surface area contributed by atoms with Gasteiger partial charge in [-0.1, -0.05) is 35.5 Å². The van der Waals surface area contributed by atoms with Crippen molar-refractivity contribution in [2.45, 2.75) is 13.5 Å². The summed E-state index contributed by atoms with van der Waals surface area (Å²) in [4.78, 5) is 34.3. The third-order valence-electron chi connectivity index (χ3n) is 2.44. The van der Waals surface area contributed by atoms with Gasteiger partial charge in [-0.3, -0.25) is 4.79 Å². The van der Waals surface area contributed by atoms with Gasteiger partial charge in [0.1, 0.15) is 6.61 Å². The fraction of sp³-hybridized carbons (Fsp3) is 0.286. The highest BCUT2D eigenvalue weighted by Gasteiger charge is 2.23. The number of ether oxygens (including phenoxy) is 2. The average Bonchev–Trinajstić information content (AvgIpc) is 2.53.